The highest BCUT2D eigenvalue weighted by Crippen LogP contribution is 2.28. The van der Waals surface area contributed by atoms with Crippen molar-refractivity contribution in [2.24, 2.45) is 0 Å². The van der Waals surface area contributed by atoms with Crippen molar-refractivity contribution >= 4 is 11.6 Å². The molecular weight excluding hydrogens is 340 g/mol. The lowest BCUT2D eigenvalue weighted by molar-refractivity contribution is -0.130. The zero-order chi connectivity index (χ0) is 18.8. The van der Waals surface area contributed by atoms with Gasteiger partial charge in [0.05, 0.1) is 13.1 Å². The first-order valence-electron chi connectivity index (χ1n) is 9.84. The number of anilines is 1. The molecule has 0 aliphatic carbocycles. The van der Waals surface area contributed by atoms with Crippen LogP contribution < -0.4 is 10.6 Å². The van der Waals surface area contributed by atoms with Gasteiger partial charge in [-0.2, -0.15) is 0 Å². The van der Waals surface area contributed by atoms with Crippen molar-refractivity contribution < 1.29 is 4.79 Å². The minimum atomic E-state index is 0.170. The molecule has 0 spiro atoms. The van der Waals surface area contributed by atoms with Gasteiger partial charge in [-0.25, -0.2) is 0 Å². The van der Waals surface area contributed by atoms with Crippen molar-refractivity contribution in [3.8, 4) is 0 Å². The van der Waals surface area contributed by atoms with Crippen LogP contribution in [-0.2, 0) is 17.9 Å². The number of amides is 1. The van der Waals surface area contributed by atoms with E-state index in [0.29, 0.717) is 12.5 Å². The van der Waals surface area contributed by atoms with Crippen LogP contribution in [-0.4, -0.2) is 51.8 Å². The molecular formula is C20H28N6O. The highest BCUT2D eigenvalue weighted by Gasteiger charge is 2.28. The first-order valence-corrected chi connectivity index (χ1v) is 9.84. The molecule has 1 amide bonds. The molecule has 0 radical (unpaired) electrons. The molecule has 0 saturated carbocycles. The molecule has 1 aromatic heterocycles. The molecule has 2 aromatic rings. The zero-order valence-electron chi connectivity index (χ0n) is 16.2. The van der Waals surface area contributed by atoms with Crippen LogP contribution in [0.2, 0.25) is 0 Å². The van der Waals surface area contributed by atoms with E-state index >= 15 is 0 Å². The van der Waals surface area contributed by atoms with Crippen LogP contribution >= 0.6 is 0 Å². The number of rotatable bonds is 4. The summed E-state index contributed by atoms with van der Waals surface area (Å²) in [6, 6.07) is 6.18. The summed E-state index contributed by atoms with van der Waals surface area (Å²) < 4.78 is 2.27. The SMILES string of the molecule is Cc1cccc(C)c1NCC(=O)N1CCC(c2nnc3n2CCNC3)CC1. The molecule has 27 heavy (non-hydrogen) atoms. The van der Waals surface area contributed by atoms with E-state index in [1.165, 1.54) is 11.1 Å². The van der Waals surface area contributed by atoms with E-state index < -0.39 is 0 Å². The minimum Gasteiger partial charge on any atom is -0.376 e. The average Bonchev–Trinajstić information content (AvgIpc) is 3.12. The summed E-state index contributed by atoms with van der Waals surface area (Å²) >= 11 is 0. The molecule has 2 aliphatic rings. The van der Waals surface area contributed by atoms with Crippen molar-refractivity contribution in [2.45, 2.75) is 45.7 Å². The lowest BCUT2D eigenvalue weighted by Crippen LogP contribution is -2.41. The molecule has 144 valence electrons. The second-order valence-electron chi connectivity index (χ2n) is 7.58. The maximum absolute atomic E-state index is 12.6. The maximum Gasteiger partial charge on any atom is 0.241 e. The van der Waals surface area contributed by atoms with Crippen LogP contribution in [0.1, 0.15) is 41.5 Å². The van der Waals surface area contributed by atoms with Gasteiger partial charge in [-0.15, -0.1) is 10.2 Å². The maximum atomic E-state index is 12.6. The van der Waals surface area contributed by atoms with E-state index in [0.717, 1.165) is 62.9 Å². The predicted molar refractivity (Wildman–Crippen MR) is 105 cm³/mol. The third-order valence-corrected chi connectivity index (χ3v) is 5.76. The van der Waals surface area contributed by atoms with Crippen LogP contribution in [0.5, 0.6) is 0 Å². The largest absolute Gasteiger partial charge is 0.376 e. The van der Waals surface area contributed by atoms with E-state index in [9.17, 15) is 4.79 Å². The molecule has 2 N–H and O–H groups in total. The van der Waals surface area contributed by atoms with Crippen LogP contribution in [0.4, 0.5) is 5.69 Å². The Labute approximate surface area is 160 Å². The van der Waals surface area contributed by atoms with Crippen LogP contribution in [0.15, 0.2) is 18.2 Å². The number of hydrogen-bond donors (Lipinski definition) is 2. The molecule has 7 heteroatoms. The molecule has 1 fully saturated rings. The monoisotopic (exact) mass is 368 g/mol. The van der Waals surface area contributed by atoms with E-state index in [1.807, 2.05) is 11.0 Å². The Morgan fingerprint density at radius 3 is 2.67 bits per heavy atom. The van der Waals surface area contributed by atoms with Crippen molar-refractivity contribution in [1.82, 2.24) is 25.0 Å². The highest BCUT2D eigenvalue weighted by molar-refractivity contribution is 5.81. The molecule has 4 rings (SSSR count). The predicted octanol–water partition coefficient (Wildman–Crippen LogP) is 1.82. The molecule has 3 heterocycles. The van der Waals surface area contributed by atoms with E-state index in [2.05, 4.69) is 51.4 Å². The summed E-state index contributed by atoms with van der Waals surface area (Å²) in [6.07, 6.45) is 1.92. The van der Waals surface area contributed by atoms with Crippen molar-refractivity contribution in [2.75, 3.05) is 31.5 Å². The average molecular weight is 368 g/mol. The molecule has 2 aliphatic heterocycles. The second-order valence-corrected chi connectivity index (χ2v) is 7.58. The van der Waals surface area contributed by atoms with E-state index in [-0.39, 0.29) is 5.91 Å². The number of carbonyl (C=O) groups is 1. The number of fused-ring (bicyclic) bond motifs is 1. The van der Waals surface area contributed by atoms with Crippen LogP contribution in [0, 0.1) is 13.8 Å². The summed E-state index contributed by atoms with van der Waals surface area (Å²) in [5.74, 6) is 2.71. The van der Waals surface area contributed by atoms with Gasteiger partial charge in [0.15, 0.2) is 0 Å². The van der Waals surface area contributed by atoms with Gasteiger partial charge in [0.2, 0.25) is 5.91 Å². The van der Waals surface area contributed by atoms with E-state index in [1.54, 1.807) is 0 Å². The summed E-state index contributed by atoms with van der Waals surface area (Å²) in [5, 5.41) is 15.4. The van der Waals surface area contributed by atoms with Crippen molar-refractivity contribution in [3.05, 3.63) is 41.0 Å². The van der Waals surface area contributed by atoms with Crippen molar-refractivity contribution in [3.63, 3.8) is 0 Å². The third-order valence-electron chi connectivity index (χ3n) is 5.76. The van der Waals surface area contributed by atoms with Gasteiger partial charge in [-0.05, 0) is 37.8 Å². The number of carbonyl (C=O) groups excluding carboxylic acids is 1. The number of para-hydroxylation sites is 1. The lowest BCUT2D eigenvalue weighted by atomic mass is 9.95. The first-order chi connectivity index (χ1) is 13.1. The van der Waals surface area contributed by atoms with Crippen LogP contribution in [0.3, 0.4) is 0 Å². The van der Waals surface area contributed by atoms with Gasteiger partial charge in [0.1, 0.15) is 11.6 Å². The first kappa shape index (κ1) is 18.0. The molecule has 0 unspecified atom stereocenters. The molecule has 0 bridgehead atoms. The van der Waals surface area contributed by atoms with Gasteiger partial charge in [-0.1, -0.05) is 18.2 Å². The number of benzene rings is 1. The van der Waals surface area contributed by atoms with Gasteiger partial charge in [-0.3, -0.25) is 4.79 Å². The fourth-order valence-corrected chi connectivity index (χ4v) is 4.17. The summed E-state index contributed by atoms with van der Waals surface area (Å²) in [6.45, 7) is 8.78. The number of nitrogens with zero attached hydrogens (tertiary/aromatic N) is 4. The normalized spacial score (nSPS) is 17.6. The van der Waals surface area contributed by atoms with Gasteiger partial charge < -0.3 is 20.1 Å². The molecule has 1 saturated heterocycles. The second kappa shape index (κ2) is 7.68. The van der Waals surface area contributed by atoms with Gasteiger partial charge >= 0.3 is 0 Å². The summed E-state index contributed by atoms with van der Waals surface area (Å²) in [5.41, 5.74) is 3.42. The number of hydrogen-bond acceptors (Lipinski definition) is 5. The number of aryl methyl sites for hydroxylation is 2. The quantitative estimate of drug-likeness (QED) is 0.861. The summed E-state index contributed by atoms with van der Waals surface area (Å²) in [7, 11) is 0. The van der Waals surface area contributed by atoms with E-state index in [4.69, 9.17) is 0 Å². The highest BCUT2D eigenvalue weighted by atomic mass is 16.2. The Hall–Kier alpha value is -2.41. The lowest BCUT2D eigenvalue weighted by Gasteiger charge is -2.32. The third kappa shape index (κ3) is 3.69. The van der Waals surface area contributed by atoms with Crippen LogP contribution in [0.25, 0.3) is 0 Å². The van der Waals surface area contributed by atoms with Gasteiger partial charge in [0.25, 0.3) is 0 Å². The molecule has 1 aromatic carbocycles. The Morgan fingerprint density at radius 2 is 1.93 bits per heavy atom. The fraction of sp³-hybridized carbons (Fsp3) is 0.550. The zero-order valence-corrected chi connectivity index (χ0v) is 16.2. The topological polar surface area (TPSA) is 75.1 Å². The Kier molecular flexibility index (Phi) is 5.11. The van der Waals surface area contributed by atoms with Gasteiger partial charge in [0, 0.05) is 37.8 Å². The summed E-state index contributed by atoms with van der Waals surface area (Å²) in [4.78, 5) is 14.6. The number of likely N-dealkylation sites (tertiary alicyclic amines) is 1. The standard InChI is InChI=1S/C20H28N6O/c1-14-4-3-5-15(2)19(14)22-13-18(27)25-9-6-16(7-10-25)20-24-23-17-12-21-8-11-26(17)20/h3-5,16,21-22H,6-13H2,1-2H3. The number of aromatic nitrogens is 3. The Balaban J connectivity index is 1.32. The smallest absolute Gasteiger partial charge is 0.241 e. The Morgan fingerprint density at radius 1 is 1.19 bits per heavy atom. The number of piperidine rings is 1. The molecule has 0 atom stereocenters. The Bertz CT molecular complexity index is 802. The number of nitrogens with one attached hydrogen (secondary N) is 2. The molecule has 7 nitrogen and oxygen atoms in total. The fourth-order valence-electron chi connectivity index (χ4n) is 4.17. The van der Waals surface area contributed by atoms with Crippen molar-refractivity contribution in [1.29, 1.82) is 0 Å². The minimum absolute atomic E-state index is 0.170.